The fraction of sp³-hybridized carbons (Fsp3) is 0.143. The molecule has 0 aliphatic carbocycles. The van der Waals surface area contributed by atoms with Crippen molar-refractivity contribution in [3.63, 3.8) is 0 Å². The third-order valence-corrected chi connectivity index (χ3v) is 3.35. The van der Waals surface area contributed by atoms with Gasteiger partial charge in [0.2, 0.25) is 5.16 Å². The van der Waals surface area contributed by atoms with E-state index >= 15 is 0 Å². The predicted octanol–water partition coefficient (Wildman–Crippen LogP) is 2.23. The van der Waals surface area contributed by atoms with Gasteiger partial charge in [-0.1, -0.05) is 12.1 Å². The number of carbonyl (C=O) groups is 1. The number of nitrogens with zero attached hydrogens (tertiary/aromatic N) is 3. The molecule has 0 radical (unpaired) electrons. The number of aliphatic carboxylic acids is 1. The van der Waals surface area contributed by atoms with Crippen molar-refractivity contribution in [3.05, 3.63) is 40.6 Å². The molecule has 0 saturated carbocycles. The Balaban J connectivity index is 2.15. The lowest BCUT2D eigenvalue weighted by atomic mass is 10.2. The molecule has 2 aromatic rings. The second kappa shape index (κ2) is 7.28. The molecule has 2 rings (SSSR count). The van der Waals surface area contributed by atoms with Crippen LogP contribution in [0.5, 0.6) is 5.75 Å². The predicted molar refractivity (Wildman–Crippen MR) is 80.1 cm³/mol. The number of rotatable bonds is 6. The number of ether oxygens (including phenoxy) is 1. The molecule has 0 fully saturated rings. The van der Waals surface area contributed by atoms with E-state index in [9.17, 15) is 9.90 Å². The van der Waals surface area contributed by atoms with E-state index < -0.39 is 5.97 Å². The number of aryl methyl sites for hydroxylation is 1. The first kappa shape index (κ1) is 15.6. The molecule has 7 nitrogen and oxygen atoms in total. The van der Waals surface area contributed by atoms with Crippen LogP contribution in [-0.2, 0) is 4.79 Å². The van der Waals surface area contributed by atoms with Gasteiger partial charge in [0.1, 0.15) is 22.5 Å². The Bertz CT molecular complexity index is 731. The summed E-state index contributed by atoms with van der Waals surface area (Å²) in [5.41, 5.74) is 0.696. The molecule has 0 saturated heterocycles. The Kier molecular flexibility index (Phi) is 5.16. The molecular weight excluding hydrogens is 304 g/mol. The molecule has 0 atom stereocenters. The molecule has 0 aliphatic heterocycles. The summed E-state index contributed by atoms with van der Waals surface area (Å²) in [4.78, 5) is 15.5. The number of hydrogen-bond donors (Lipinski definition) is 2. The van der Waals surface area contributed by atoms with E-state index in [1.54, 1.807) is 31.2 Å². The lowest BCUT2D eigenvalue weighted by Gasteiger charge is -2.02. The number of thioether (sulfide) groups is 1. The zero-order chi connectivity index (χ0) is 15.9. The molecule has 1 heterocycles. The van der Waals surface area contributed by atoms with Gasteiger partial charge >= 0.3 is 5.97 Å². The van der Waals surface area contributed by atoms with E-state index in [1.807, 2.05) is 6.07 Å². The molecule has 112 valence electrons. The van der Waals surface area contributed by atoms with Crippen LogP contribution in [-0.4, -0.2) is 32.9 Å². The third kappa shape index (κ3) is 4.36. The SMILES string of the molecule is Cc1nc(S/C(=C\c2ccc(OCC#N)cc2)C(=O)O)n[nH]1. The summed E-state index contributed by atoms with van der Waals surface area (Å²) >= 11 is 0.964. The molecule has 2 N–H and O–H groups in total. The summed E-state index contributed by atoms with van der Waals surface area (Å²) in [6.07, 6.45) is 1.52. The van der Waals surface area contributed by atoms with Gasteiger partial charge in [-0.15, -0.1) is 5.10 Å². The zero-order valence-corrected chi connectivity index (χ0v) is 12.4. The zero-order valence-electron chi connectivity index (χ0n) is 11.6. The lowest BCUT2D eigenvalue weighted by molar-refractivity contribution is -0.131. The normalized spacial score (nSPS) is 11.0. The Hall–Kier alpha value is -2.79. The number of nitriles is 1. The van der Waals surface area contributed by atoms with Crippen LogP contribution in [0.1, 0.15) is 11.4 Å². The highest BCUT2D eigenvalue weighted by atomic mass is 32.2. The van der Waals surface area contributed by atoms with Crippen LogP contribution in [0.4, 0.5) is 0 Å². The van der Waals surface area contributed by atoms with Crippen LogP contribution < -0.4 is 4.74 Å². The fourth-order valence-electron chi connectivity index (χ4n) is 1.53. The molecule has 22 heavy (non-hydrogen) atoms. The van der Waals surface area contributed by atoms with Gasteiger partial charge in [0, 0.05) is 0 Å². The summed E-state index contributed by atoms with van der Waals surface area (Å²) < 4.78 is 5.13. The van der Waals surface area contributed by atoms with Crippen molar-refractivity contribution in [1.82, 2.24) is 15.2 Å². The number of benzene rings is 1. The molecule has 0 unspecified atom stereocenters. The summed E-state index contributed by atoms with van der Waals surface area (Å²) in [7, 11) is 0. The van der Waals surface area contributed by atoms with Gasteiger partial charge in [-0.05, 0) is 42.5 Å². The first-order valence-corrected chi connectivity index (χ1v) is 7.02. The van der Waals surface area contributed by atoms with Crippen molar-refractivity contribution >= 4 is 23.8 Å². The van der Waals surface area contributed by atoms with E-state index in [4.69, 9.17) is 10.00 Å². The van der Waals surface area contributed by atoms with Crippen LogP contribution in [0, 0.1) is 18.3 Å². The first-order valence-electron chi connectivity index (χ1n) is 6.20. The van der Waals surface area contributed by atoms with Crippen molar-refractivity contribution in [2.75, 3.05) is 6.61 Å². The largest absolute Gasteiger partial charge is 0.479 e. The Morgan fingerprint density at radius 2 is 2.23 bits per heavy atom. The highest BCUT2D eigenvalue weighted by molar-refractivity contribution is 8.04. The van der Waals surface area contributed by atoms with Gasteiger partial charge in [0.15, 0.2) is 6.61 Å². The van der Waals surface area contributed by atoms with Crippen molar-refractivity contribution in [2.24, 2.45) is 0 Å². The van der Waals surface area contributed by atoms with E-state index in [0.717, 1.165) is 11.8 Å². The van der Waals surface area contributed by atoms with Gasteiger partial charge in [0.25, 0.3) is 0 Å². The van der Waals surface area contributed by atoms with Crippen molar-refractivity contribution in [2.45, 2.75) is 12.1 Å². The second-order valence-electron chi connectivity index (χ2n) is 4.14. The number of nitrogens with one attached hydrogen (secondary N) is 1. The van der Waals surface area contributed by atoms with Crippen LogP contribution >= 0.6 is 11.8 Å². The maximum absolute atomic E-state index is 11.3. The van der Waals surface area contributed by atoms with Gasteiger partial charge in [-0.25, -0.2) is 9.78 Å². The van der Waals surface area contributed by atoms with E-state index in [-0.39, 0.29) is 11.5 Å². The standard InChI is InChI=1S/C14H12N4O3S/c1-9-16-14(18-17-9)22-12(13(19)20)8-10-2-4-11(5-3-10)21-7-6-15/h2-5,8H,7H2,1H3,(H,19,20)(H,16,17,18)/b12-8-. The Morgan fingerprint density at radius 1 is 1.50 bits per heavy atom. The topological polar surface area (TPSA) is 112 Å². The number of aromatic nitrogens is 3. The minimum atomic E-state index is -1.06. The number of aromatic amines is 1. The Morgan fingerprint density at radius 3 is 2.77 bits per heavy atom. The lowest BCUT2D eigenvalue weighted by Crippen LogP contribution is -1.97. The second-order valence-corrected chi connectivity index (χ2v) is 5.14. The monoisotopic (exact) mass is 316 g/mol. The highest BCUT2D eigenvalue weighted by Gasteiger charge is 2.12. The highest BCUT2D eigenvalue weighted by Crippen LogP contribution is 2.26. The van der Waals surface area contributed by atoms with Crippen molar-refractivity contribution in [1.29, 1.82) is 5.26 Å². The van der Waals surface area contributed by atoms with Crippen molar-refractivity contribution < 1.29 is 14.6 Å². The maximum Gasteiger partial charge on any atom is 0.342 e. The molecule has 8 heteroatoms. The number of H-pyrrole nitrogens is 1. The molecule has 0 amide bonds. The van der Waals surface area contributed by atoms with Crippen LogP contribution in [0.25, 0.3) is 6.08 Å². The van der Waals surface area contributed by atoms with Gasteiger partial charge in [-0.2, -0.15) is 5.26 Å². The van der Waals surface area contributed by atoms with Crippen LogP contribution in [0.15, 0.2) is 34.3 Å². The molecule has 0 spiro atoms. The third-order valence-electron chi connectivity index (χ3n) is 2.47. The molecule has 0 aliphatic rings. The number of hydrogen-bond acceptors (Lipinski definition) is 6. The smallest absolute Gasteiger partial charge is 0.342 e. The summed E-state index contributed by atoms with van der Waals surface area (Å²) in [6.45, 7) is 1.71. The number of carboxylic acid groups (broad SMARTS) is 1. The summed E-state index contributed by atoms with van der Waals surface area (Å²) in [5.74, 6) is 0.108. The van der Waals surface area contributed by atoms with Crippen molar-refractivity contribution in [3.8, 4) is 11.8 Å². The van der Waals surface area contributed by atoms with E-state index in [0.29, 0.717) is 22.3 Å². The minimum Gasteiger partial charge on any atom is -0.479 e. The molecule has 1 aromatic carbocycles. The van der Waals surface area contributed by atoms with Crippen LogP contribution in [0.3, 0.4) is 0 Å². The number of carboxylic acids is 1. The average Bonchev–Trinajstić information content (AvgIpc) is 2.91. The van der Waals surface area contributed by atoms with Gasteiger partial charge in [0.05, 0.1) is 0 Å². The molecular formula is C14H12N4O3S. The van der Waals surface area contributed by atoms with Gasteiger partial charge < -0.3 is 9.84 Å². The molecule has 0 bridgehead atoms. The summed E-state index contributed by atoms with van der Waals surface area (Å²) in [5, 5.41) is 24.6. The molecule has 1 aromatic heterocycles. The Labute approximate surface area is 130 Å². The van der Waals surface area contributed by atoms with E-state index in [2.05, 4.69) is 15.2 Å². The quantitative estimate of drug-likeness (QED) is 0.620. The fourth-order valence-corrected chi connectivity index (χ4v) is 2.28. The first-order chi connectivity index (χ1) is 10.6. The maximum atomic E-state index is 11.3. The average molecular weight is 316 g/mol. The summed E-state index contributed by atoms with van der Waals surface area (Å²) in [6, 6.07) is 8.63. The van der Waals surface area contributed by atoms with Crippen LogP contribution in [0.2, 0.25) is 0 Å². The van der Waals surface area contributed by atoms with Gasteiger partial charge in [-0.3, -0.25) is 5.10 Å². The van der Waals surface area contributed by atoms with E-state index in [1.165, 1.54) is 6.08 Å². The minimum absolute atomic E-state index is 0.0321.